The number of rotatable bonds is 9. The normalized spacial score (nSPS) is 23.2. The highest BCUT2D eigenvalue weighted by atomic mass is 16.5. The monoisotopic (exact) mass is 256 g/mol. The zero-order chi connectivity index (χ0) is 13.2. The molecule has 2 atom stereocenters. The molecule has 0 aromatic carbocycles. The lowest BCUT2D eigenvalue weighted by Gasteiger charge is -2.37. The maximum atomic E-state index is 6.01. The van der Waals surface area contributed by atoms with Crippen molar-refractivity contribution in [1.29, 1.82) is 0 Å². The predicted octanol–water partition coefficient (Wildman–Crippen LogP) is 2.66. The second-order valence-electron chi connectivity index (χ2n) is 5.41. The van der Waals surface area contributed by atoms with Crippen molar-refractivity contribution >= 4 is 0 Å². The van der Waals surface area contributed by atoms with E-state index in [1.54, 1.807) is 0 Å². The number of hydrogen-bond donors (Lipinski definition) is 1. The molecule has 18 heavy (non-hydrogen) atoms. The molecule has 1 aliphatic heterocycles. The minimum absolute atomic E-state index is 0.392. The van der Waals surface area contributed by atoms with Crippen molar-refractivity contribution in [3.63, 3.8) is 0 Å². The van der Waals surface area contributed by atoms with Crippen LogP contribution in [0.2, 0.25) is 0 Å². The zero-order valence-corrected chi connectivity index (χ0v) is 12.6. The lowest BCUT2D eigenvalue weighted by atomic mass is 10.0. The molecule has 0 aromatic rings. The third kappa shape index (κ3) is 5.68. The van der Waals surface area contributed by atoms with Gasteiger partial charge in [-0.15, -0.1) is 0 Å². The van der Waals surface area contributed by atoms with Gasteiger partial charge >= 0.3 is 0 Å². The number of nitrogens with one attached hydrogen (secondary N) is 1. The van der Waals surface area contributed by atoms with Crippen LogP contribution in [0, 0.1) is 0 Å². The first-order valence-electron chi connectivity index (χ1n) is 7.89. The van der Waals surface area contributed by atoms with Crippen LogP contribution in [0.15, 0.2) is 0 Å². The summed E-state index contributed by atoms with van der Waals surface area (Å²) in [4.78, 5) is 2.56. The quantitative estimate of drug-likeness (QED) is 0.686. The van der Waals surface area contributed by atoms with Crippen LogP contribution in [0.3, 0.4) is 0 Å². The average molecular weight is 256 g/mol. The van der Waals surface area contributed by atoms with Gasteiger partial charge in [0.2, 0.25) is 0 Å². The second kappa shape index (κ2) is 9.76. The smallest absolute Gasteiger partial charge is 0.0855 e. The number of unbranched alkanes of at least 4 members (excludes halogenated alkanes) is 1. The van der Waals surface area contributed by atoms with E-state index in [1.165, 1.54) is 38.6 Å². The van der Waals surface area contributed by atoms with Gasteiger partial charge in [-0.05, 0) is 32.4 Å². The summed E-state index contributed by atoms with van der Waals surface area (Å²) in [5.74, 6) is 0. The Morgan fingerprint density at radius 1 is 1.22 bits per heavy atom. The van der Waals surface area contributed by atoms with Gasteiger partial charge in [-0.25, -0.2) is 0 Å². The maximum Gasteiger partial charge on any atom is 0.0855 e. The predicted molar refractivity (Wildman–Crippen MR) is 78.1 cm³/mol. The molecule has 0 aliphatic carbocycles. The molecule has 0 saturated carbocycles. The third-order valence-electron chi connectivity index (χ3n) is 3.69. The zero-order valence-electron chi connectivity index (χ0n) is 12.6. The summed E-state index contributed by atoms with van der Waals surface area (Å²) in [6.07, 6.45) is 6.66. The molecule has 1 saturated heterocycles. The Morgan fingerprint density at radius 3 is 2.72 bits per heavy atom. The highest BCUT2D eigenvalue weighted by Crippen LogP contribution is 2.14. The minimum atomic E-state index is 0.392. The first-order chi connectivity index (χ1) is 8.81. The molecule has 108 valence electrons. The van der Waals surface area contributed by atoms with E-state index in [0.29, 0.717) is 12.1 Å². The Hall–Kier alpha value is -0.120. The Morgan fingerprint density at radius 2 is 2.06 bits per heavy atom. The van der Waals surface area contributed by atoms with Gasteiger partial charge in [0.1, 0.15) is 0 Å². The fourth-order valence-corrected chi connectivity index (χ4v) is 2.67. The van der Waals surface area contributed by atoms with Gasteiger partial charge < -0.3 is 10.1 Å². The highest BCUT2D eigenvalue weighted by molar-refractivity contribution is 4.83. The number of hydrogen-bond acceptors (Lipinski definition) is 3. The van der Waals surface area contributed by atoms with Crippen LogP contribution in [-0.4, -0.2) is 49.8 Å². The Bertz CT molecular complexity index is 189. The largest absolute Gasteiger partial charge is 0.374 e. The van der Waals surface area contributed by atoms with Crippen LogP contribution in [0.1, 0.15) is 52.9 Å². The summed E-state index contributed by atoms with van der Waals surface area (Å²) in [5, 5.41) is 3.68. The number of nitrogens with zero attached hydrogens (tertiary/aromatic N) is 1. The van der Waals surface area contributed by atoms with Gasteiger partial charge in [0.25, 0.3) is 0 Å². The first kappa shape index (κ1) is 15.9. The van der Waals surface area contributed by atoms with Crippen molar-refractivity contribution in [2.75, 3.05) is 32.8 Å². The van der Waals surface area contributed by atoms with Crippen molar-refractivity contribution < 1.29 is 4.74 Å². The molecular formula is C15H32N2O. The average Bonchev–Trinajstić information content (AvgIpc) is 2.40. The van der Waals surface area contributed by atoms with Crippen LogP contribution in [-0.2, 0) is 4.74 Å². The molecule has 1 heterocycles. The van der Waals surface area contributed by atoms with E-state index in [-0.39, 0.29) is 0 Å². The second-order valence-corrected chi connectivity index (χ2v) is 5.41. The van der Waals surface area contributed by atoms with Crippen LogP contribution in [0.5, 0.6) is 0 Å². The van der Waals surface area contributed by atoms with E-state index < -0.39 is 0 Å². The van der Waals surface area contributed by atoms with Gasteiger partial charge in [0.15, 0.2) is 0 Å². The Labute approximate surface area is 113 Å². The summed E-state index contributed by atoms with van der Waals surface area (Å²) in [7, 11) is 0. The molecule has 2 unspecified atom stereocenters. The minimum Gasteiger partial charge on any atom is -0.374 e. The standard InChI is InChI=1S/C15H32N2O/c1-4-7-8-14(16-9-5-2)15-13-17(10-6-3)11-12-18-15/h14-16H,4-13H2,1-3H3. The van der Waals surface area contributed by atoms with Crippen LogP contribution >= 0.6 is 0 Å². The molecule has 0 aromatic heterocycles. The Kier molecular flexibility index (Phi) is 8.64. The molecule has 3 nitrogen and oxygen atoms in total. The highest BCUT2D eigenvalue weighted by Gasteiger charge is 2.26. The van der Waals surface area contributed by atoms with Crippen molar-refractivity contribution in [1.82, 2.24) is 10.2 Å². The number of morpholine rings is 1. The summed E-state index contributed by atoms with van der Waals surface area (Å²) in [6.45, 7) is 12.2. The fourth-order valence-electron chi connectivity index (χ4n) is 2.67. The lowest BCUT2D eigenvalue weighted by Crippen LogP contribution is -2.52. The van der Waals surface area contributed by atoms with Crippen molar-refractivity contribution in [2.45, 2.75) is 65.0 Å². The van der Waals surface area contributed by atoms with Gasteiger partial charge in [0, 0.05) is 19.1 Å². The van der Waals surface area contributed by atoms with Gasteiger partial charge in [-0.2, -0.15) is 0 Å². The van der Waals surface area contributed by atoms with E-state index in [1.807, 2.05) is 0 Å². The number of ether oxygens (including phenoxy) is 1. The van der Waals surface area contributed by atoms with Crippen LogP contribution in [0.25, 0.3) is 0 Å². The topological polar surface area (TPSA) is 24.5 Å². The fraction of sp³-hybridized carbons (Fsp3) is 1.00. The summed E-state index contributed by atoms with van der Waals surface area (Å²) < 4.78 is 6.01. The molecule has 1 rings (SSSR count). The molecule has 1 N–H and O–H groups in total. The maximum absolute atomic E-state index is 6.01. The summed E-state index contributed by atoms with van der Waals surface area (Å²) in [6, 6.07) is 0.546. The van der Waals surface area contributed by atoms with E-state index in [9.17, 15) is 0 Å². The van der Waals surface area contributed by atoms with E-state index >= 15 is 0 Å². The molecule has 0 bridgehead atoms. The van der Waals surface area contributed by atoms with Crippen molar-refractivity contribution in [2.24, 2.45) is 0 Å². The third-order valence-corrected chi connectivity index (χ3v) is 3.69. The van der Waals surface area contributed by atoms with E-state index in [2.05, 4.69) is 31.0 Å². The molecule has 0 amide bonds. The Balaban J connectivity index is 2.42. The summed E-state index contributed by atoms with van der Waals surface area (Å²) >= 11 is 0. The van der Waals surface area contributed by atoms with Gasteiger partial charge in [-0.1, -0.05) is 33.6 Å². The molecule has 0 radical (unpaired) electrons. The SMILES string of the molecule is CCCCC(NCCC)C1CN(CCC)CCO1. The van der Waals surface area contributed by atoms with E-state index in [4.69, 9.17) is 4.74 Å². The molecule has 3 heteroatoms. The van der Waals surface area contributed by atoms with Crippen LogP contribution < -0.4 is 5.32 Å². The lowest BCUT2D eigenvalue weighted by molar-refractivity contribution is -0.0478. The van der Waals surface area contributed by atoms with Crippen molar-refractivity contribution in [3.05, 3.63) is 0 Å². The molecular weight excluding hydrogens is 224 g/mol. The van der Waals surface area contributed by atoms with E-state index in [0.717, 1.165) is 26.2 Å². The van der Waals surface area contributed by atoms with Crippen LogP contribution in [0.4, 0.5) is 0 Å². The first-order valence-corrected chi connectivity index (χ1v) is 7.89. The van der Waals surface area contributed by atoms with Gasteiger partial charge in [-0.3, -0.25) is 4.90 Å². The molecule has 1 aliphatic rings. The van der Waals surface area contributed by atoms with Crippen molar-refractivity contribution in [3.8, 4) is 0 Å². The molecule has 1 fully saturated rings. The molecule has 0 spiro atoms. The summed E-state index contributed by atoms with van der Waals surface area (Å²) in [5.41, 5.74) is 0. The van der Waals surface area contributed by atoms with Gasteiger partial charge in [0.05, 0.1) is 12.7 Å².